The molecule has 1 aromatic rings. The molecule has 0 saturated carbocycles. The fourth-order valence-corrected chi connectivity index (χ4v) is 1.13. The molecule has 1 amide bonds. The molecular formula is C12H13NO2. The average molecular weight is 203 g/mol. The van der Waals surface area contributed by atoms with E-state index in [-0.39, 0.29) is 13.0 Å². The smallest absolute Gasteiger partial charge is 0.229 e. The molecule has 0 bridgehead atoms. The van der Waals surface area contributed by atoms with Crippen LogP contribution in [0.4, 0.5) is 0 Å². The standard InChI is InChI=1S/C12H13NO2/c1-9-5-6-10(8-14)7-11(9)3-2-4-12(13)15/h5-7,14H,4,8H2,1H3,(H2,13,15). The van der Waals surface area contributed by atoms with E-state index in [0.29, 0.717) is 0 Å². The van der Waals surface area contributed by atoms with Crippen molar-refractivity contribution in [1.82, 2.24) is 0 Å². The summed E-state index contributed by atoms with van der Waals surface area (Å²) in [6.07, 6.45) is 0.0583. The second-order valence-corrected chi connectivity index (χ2v) is 3.25. The molecule has 0 saturated heterocycles. The molecule has 0 atom stereocenters. The number of carbonyl (C=O) groups is 1. The van der Waals surface area contributed by atoms with E-state index in [1.165, 1.54) is 0 Å². The molecule has 1 aromatic carbocycles. The van der Waals surface area contributed by atoms with E-state index in [1.807, 2.05) is 25.1 Å². The Morgan fingerprint density at radius 3 is 2.87 bits per heavy atom. The highest BCUT2D eigenvalue weighted by Gasteiger charge is 1.96. The molecule has 3 heteroatoms. The highest BCUT2D eigenvalue weighted by molar-refractivity contribution is 5.76. The zero-order valence-electron chi connectivity index (χ0n) is 8.58. The van der Waals surface area contributed by atoms with Crippen LogP contribution >= 0.6 is 0 Å². The molecule has 15 heavy (non-hydrogen) atoms. The van der Waals surface area contributed by atoms with Gasteiger partial charge in [0.25, 0.3) is 0 Å². The predicted octanol–water partition coefficient (Wildman–Crippen LogP) is 0.714. The molecule has 0 spiro atoms. The molecule has 3 nitrogen and oxygen atoms in total. The van der Waals surface area contributed by atoms with E-state index >= 15 is 0 Å². The molecule has 0 fully saturated rings. The lowest BCUT2D eigenvalue weighted by atomic mass is 10.1. The lowest BCUT2D eigenvalue weighted by Gasteiger charge is -2.00. The largest absolute Gasteiger partial charge is 0.392 e. The van der Waals surface area contributed by atoms with Gasteiger partial charge in [0.1, 0.15) is 0 Å². The van der Waals surface area contributed by atoms with Gasteiger partial charge in [0.2, 0.25) is 5.91 Å². The summed E-state index contributed by atoms with van der Waals surface area (Å²) < 4.78 is 0. The van der Waals surface area contributed by atoms with Gasteiger partial charge in [0, 0.05) is 5.56 Å². The quantitative estimate of drug-likeness (QED) is 0.695. The summed E-state index contributed by atoms with van der Waals surface area (Å²) in [6.45, 7) is 1.92. The van der Waals surface area contributed by atoms with Gasteiger partial charge in [-0.1, -0.05) is 24.0 Å². The Bertz CT molecular complexity index is 427. The van der Waals surface area contributed by atoms with Crippen molar-refractivity contribution in [3.63, 3.8) is 0 Å². The van der Waals surface area contributed by atoms with Crippen LogP contribution in [0.1, 0.15) is 23.1 Å². The molecule has 0 aliphatic heterocycles. The van der Waals surface area contributed by atoms with Gasteiger partial charge in [-0.15, -0.1) is 0 Å². The molecular weight excluding hydrogens is 190 g/mol. The number of benzene rings is 1. The zero-order valence-corrected chi connectivity index (χ0v) is 8.58. The third-order valence-electron chi connectivity index (χ3n) is 1.97. The van der Waals surface area contributed by atoms with Gasteiger partial charge in [-0.05, 0) is 24.1 Å². The Labute approximate surface area is 88.9 Å². The number of carbonyl (C=O) groups excluding carboxylic acids is 1. The number of rotatable bonds is 2. The van der Waals surface area contributed by atoms with Crippen LogP contribution in [0.25, 0.3) is 0 Å². The van der Waals surface area contributed by atoms with Crippen molar-refractivity contribution in [3.05, 3.63) is 34.9 Å². The Morgan fingerprint density at radius 2 is 2.27 bits per heavy atom. The third kappa shape index (κ3) is 3.45. The lowest BCUT2D eigenvalue weighted by Crippen LogP contribution is -2.08. The Hall–Kier alpha value is -1.79. The predicted molar refractivity (Wildman–Crippen MR) is 57.8 cm³/mol. The van der Waals surface area contributed by atoms with Crippen molar-refractivity contribution in [1.29, 1.82) is 0 Å². The lowest BCUT2D eigenvalue weighted by molar-refractivity contribution is -0.117. The molecule has 1 rings (SSSR count). The first-order chi connectivity index (χ1) is 7.13. The summed E-state index contributed by atoms with van der Waals surface area (Å²) in [4.78, 5) is 10.5. The first kappa shape index (κ1) is 11.3. The van der Waals surface area contributed by atoms with Crippen molar-refractivity contribution in [2.45, 2.75) is 20.0 Å². The van der Waals surface area contributed by atoms with Crippen molar-refractivity contribution >= 4 is 5.91 Å². The van der Waals surface area contributed by atoms with E-state index in [2.05, 4.69) is 11.8 Å². The fraction of sp³-hybridized carbons (Fsp3) is 0.250. The van der Waals surface area contributed by atoms with Crippen molar-refractivity contribution in [2.75, 3.05) is 0 Å². The number of hydrogen-bond acceptors (Lipinski definition) is 2. The van der Waals surface area contributed by atoms with E-state index in [4.69, 9.17) is 10.8 Å². The summed E-state index contributed by atoms with van der Waals surface area (Å²) >= 11 is 0. The number of primary amides is 1. The monoisotopic (exact) mass is 203 g/mol. The summed E-state index contributed by atoms with van der Waals surface area (Å²) in [5, 5.41) is 8.94. The minimum absolute atomic E-state index is 0.00915. The minimum Gasteiger partial charge on any atom is -0.392 e. The summed E-state index contributed by atoms with van der Waals surface area (Å²) in [5.41, 5.74) is 7.62. The zero-order chi connectivity index (χ0) is 11.3. The van der Waals surface area contributed by atoms with Crippen LogP contribution in [0.3, 0.4) is 0 Å². The third-order valence-corrected chi connectivity index (χ3v) is 1.97. The molecule has 0 radical (unpaired) electrons. The Balaban J connectivity index is 2.91. The topological polar surface area (TPSA) is 63.3 Å². The summed E-state index contributed by atoms with van der Waals surface area (Å²) in [7, 11) is 0. The van der Waals surface area contributed by atoms with Crippen molar-refractivity contribution < 1.29 is 9.90 Å². The van der Waals surface area contributed by atoms with Crippen LogP contribution in [0, 0.1) is 18.8 Å². The van der Waals surface area contributed by atoms with Crippen LogP contribution in [0.15, 0.2) is 18.2 Å². The van der Waals surface area contributed by atoms with Crippen LogP contribution < -0.4 is 5.73 Å². The van der Waals surface area contributed by atoms with Gasteiger partial charge in [-0.25, -0.2) is 0 Å². The van der Waals surface area contributed by atoms with Gasteiger partial charge >= 0.3 is 0 Å². The van der Waals surface area contributed by atoms with Crippen LogP contribution in [0.2, 0.25) is 0 Å². The normalized spacial score (nSPS) is 9.20. The maximum Gasteiger partial charge on any atom is 0.229 e. The summed E-state index contributed by atoms with van der Waals surface area (Å²) in [5.74, 6) is 5.11. The molecule has 0 aromatic heterocycles. The molecule has 0 aliphatic carbocycles. The van der Waals surface area contributed by atoms with E-state index in [1.54, 1.807) is 0 Å². The number of aryl methyl sites for hydroxylation is 1. The van der Waals surface area contributed by atoms with E-state index < -0.39 is 5.91 Å². The van der Waals surface area contributed by atoms with Gasteiger partial charge < -0.3 is 10.8 Å². The molecule has 0 heterocycles. The number of aliphatic hydroxyl groups is 1. The number of aliphatic hydroxyl groups excluding tert-OH is 1. The van der Waals surface area contributed by atoms with Gasteiger partial charge in [0.15, 0.2) is 0 Å². The second-order valence-electron chi connectivity index (χ2n) is 3.25. The first-order valence-corrected chi connectivity index (χ1v) is 4.61. The molecule has 3 N–H and O–H groups in total. The molecule has 0 aliphatic rings. The van der Waals surface area contributed by atoms with Gasteiger partial charge in [0.05, 0.1) is 13.0 Å². The Kier molecular flexibility index (Phi) is 3.90. The fourth-order valence-electron chi connectivity index (χ4n) is 1.13. The Morgan fingerprint density at radius 1 is 1.53 bits per heavy atom. The second kappa shape index (κ2) is 5.18. The first-order valence-electron chi connectivity index (χ1n) is 4.61. The highest BCUT2D eigenvalue weighted by atomic mass is 16.3. The average Bonchev–Trinajstić information content (AvgIpc) is 2.20. The molecule has 0 unspecified atom stereocenters. The number of amides is 1. The summed E-state index contributed by atoms with van der Waals surface area (Å²) in [6, 6.07) is 5.54. The van der Waals surface area contributed by atoms with Crippen LogP contribution in [-0.4, -0.2) is 11.0 Å². The van der Waals surface area contributed by atoms with E-state index in [9.17, 15) is 4.79 Å². The van der Waals surface area contributed by atoms with Gasteiger partial charge in [-0.2, -0.15) is 0 Å². The maximum absolute atomic E-state index is 10.5. The van der Waals surface area contributed by atoms with Crippen LogP contribution in [-0.2, 0) is 11.4 Å². The van der Waals surface area contributed by atoms with E-state index in [0.717, 1.165) is 16.7 Å². The number of hydrogen-bond donors (Lipinski definition) is 2. The van der Waals surface area contributed by atoms with Gasteiger partial charge in [-0.3, -0.25) is 4.79 Å². The molecule has 78 valence electrons. The van der Waals surface area contributed by atoms with Crippen LogP contribution in [0.5, 0.6) is 0 Å². The van der Waals surface area contributed by atoms with Crippen molar-refractivity contribution in [3.8, 4) is 11.8 Å². The minimum atomic E-state index is -0.432. The number of nitrogens with two attached hydrogens (primary N) is 1. The van der Waals surface area contributed by atoms with Crippen molar-refractivity contribution in [2.24, 2.45) is 5.73 Å². The maximum atomic E-state index is 10.5. The highest BCUT2D eigenvalue weighted by Crippen LogP contribution is 2.09. The SMILES string of the molecule is Cc1ccc(CO)cc1C#CCC(N)=O.